The smallest absolute Gasteiger partial charge is 0.306 e. The predicted molar refractivity (Wildman–Crippen MR) is 284 cm³/mol. The van der Waals surface area contributed by atoms with Crippen LogP contribution in [0.4, 0.5) is 0 Å². The molecule has 6 nitrogen and oxygen atoms in total. The molecule has 0 aliphatic rings. The number of allylic oxidation sites excluding steroid dienone is 14. The van der Waals surface area contributed by atoms with Crippen molar-refractivity contribution >= 4 is 17.9 Å². The first kappa shape index (κ1) is 62.6. The molecule has 0 aliphatic heterocycles. The molecule has 0 heterocycles. The molecule has 0 fully saturated rings. The Hall–Kier alpha value is -3.41. The summed E-state index contributed by atoms with van der Waals surface area (Å²) in [6, 6.07) is 0. The van der Waals surface area contributed by atoms with E-state index in [-0.39, 0.29) is 31.1 Å². The molecule has 0 rings (SSSR count). The van der Waals surface area contributed by atoms with E-state index in [1.165, 1.54) is 109 Å². The number of esters is 3. The Morgan fingerprint density at radius 2 is 0.606 bits per heavy atom. The Bertz CT molecular complexity index is 1290. The number of carbonyl (C=O) groups excluding carboxylic acids is 3. The molecule has 0 aromatic rings. The fourth-order valence-electron chi connectivity index (χ4n) is 7.44. The van der Waals surface area contributed by atoms with E-state index in [1.54, 1.807) is 0 Å². The van der Waals surface area contributed by atoms with Crippen LogP contribution < -0.4 is 0 Å². The van der Waals surface area contributed by atoms with Crippen LogP contribution in [0.5, 0.6) is 0 Å². The highest BCUT2D eigenvalue weighted by atomic mass is 16.6. The zero-order valence-electron chi connectivity index (χ0n) is 43.2. The van der Waals surface area contributed by atoms with E-state index in [0.29, 0.717) is 19.3 Å². The third kappa shape index (κ3) is 51.6. The summed E-state index contributed by atoms with van der Waals surface area (Å²) in [4.78, 5) is 38.1. The molecule has 0 aliphatic carbocycles. The Morgan fingerprint density at radius 1 is 0.318 bits per heavy atom. The molecule has 378 valence electrons. The van der Waals surface area contributed by atoms with Gasteiger partial charge in [0.05, 0.1) is 0 Å². The minimum absolute atomic E-state index is 0.0891. The summed E-state index contributed by atoms with van der Waals surface area (Å²) < 4.78 is 16.8. The molecule has 0 amide bonds. The first-order valence-corrected chi connectivity index (χ1v) is 27.6. The van der Waals surface area contributed by atoms with Gasteiger partial charge >= 0.3 is 17.9 Å². The molecule has 0 bridgehead atoms. The normalized spacial score (nSPS) is 12.7. The minimum Gasteiger partial charge on any atom is -0.462 e. The van der Waals surface area contributed by atoms with Gasteiger partial charge in [0.25, 0.3) is 0 Å². The van der Waals surface area contributed by atoms with Gasteiger partial charge in [0.2, 0.25) is 0 Å². The largest absolute Gasteiger partial charge is 0.462 e. The van der Waals surface area contributed by atoms with Crippen LogP contribution in [0.25, 0.3) is 0 Å². The second kappa shape index (κ2) is 54.2. The van der Waals surface area contributed by atoms with Gasteiger partial charge in [0, 0.05) is 19.3 Å². The number of ether oxygens (including phenoxy) is 3. The van der Waals surface area contributed by atoms with Crippen molar-refractivity contribution in [3.05, 3.63) is 85.1 Å². The summed E-state index contributed by atoms with van der Waals surface area (Å²) >= 11 is 0. The zero-order valence-corrected chi connectivity index (χ0v) is 43.2. The molecule has 0 saturated heterocycles. The van der Waals surface area contributed by atoms with Crippen LogP contribution in [-0.2, 0) is 28.6 Å². The summed E-state index contributed by atoms with van der Waals surface area (Å²) in [5.74, 6) is -0.918. The SMILES string of the molecule is CC/C=C\C/C=C\C/C=C\C/C=C\CCCCCCCCC(=O)OCC(COC(=O)CCCCCCC/C=C\CCCC)OC(=O)CCCCCCCCC/C=C\C/C=C\CCCCCC. The molecule has 66 heavy (non-hydrogen) atoms. The average Bonchev–Trinajstić information content (AvgIpc) is 3.31. The van der Waals surface area contributed by atoms with E-state index in [4.69, 9.17) is 14.2 Å². The molecule has 0 N–H and O–H groups in total. The van der Waals surface area contributed by atoms with E-state index in [9.17, 15) is 14.4 Å². The lowest BCUT2D eigenvalue weighted by Crippen LogP contribution is -2.30. The molecule has 6 heteroatoms. The summed E-state index contributed by atoms with van der Waals surface area (Å²) in [5.41, 5.74) is 0. The number of hydrogen-bond donors (Lipinski definition) is 0. The van der Waals surface area contributed by atoms with Crippen molar-refractivity contribution < 1.29 is 28.6 Å². The summed E-state index contributed by atoms with van der Waals surface area (Å²) in [6.07, 6.45) is 69.9. The Kier molecular flexibility index (Phi) is 51.4. The summed E-state index contributed by atoms with van der Waals surface area (Å²) in [5, 5.41) is 0. The molecular weight excluding hydrogens is 817 g/mol. The Balaban J connectivity index is 4.40. The summed E-state index contributed by atoms with van der Waals surface area (Å²) in [6.45, 7) is 6.45. The number of hydrogen-bond acceptors (Lipinski definition) is 6. The van der Waals surface area contributed by atoms with Gasteiger partial charge in [-0.1, -0.05) is 215 Å². The second-order valence-electron chi connectivity index (χ2n) is 18.1. The maximum atomic E-state index is 12.8. The van der Waals surface area contributed by atoms with E-state index in [2.05, 4.69) is 106 Å². The molecule has 1 unspecified atom stereocenters. The number of carbonyl (C=O) groups is 3. The van der Waals surface area contributed by atoms with Crippen LogP contribution >= 0.6 is 0 Å². The quantitative estimate of drug-likeness (QED) is 0.0262. The summed E-state index contributed by atoms with van der Waals surface area (Å²) in [7, 11) is 0. The molecule has 0 aromatic carbocycles. The molecular formula is C60H102O6. The fourth-order valence-corrected chi connectivity index (χ4v) is 7.44. The van der Waals surface area contributed by atoms with Crippen molar-refractivity contribution in [2.24, 2.45) is 0 Å². The number of rotatable bonds is 49. The van der Waals surface area contributed by atoms with Crippen molar-refractivity contribution in [3.63, 3.8) is 0 Å². The Morgan fingerprint density at radius 3 is 0.985 bits per heavy atom. The maximum Gasteiger partial charge on any atom is 0.306 e. The third-order valence-electron chi connectivity index (χ3n) is 11.6. The fraction of sp³-hybridized carbons (Fsp3) is 0.717. The van der Waals surface area contributed by atoms with Crippen LogP contribution in [0, 0.1) is 0 Å². The monoisotopic (exact) mass is 919 g/mol. The van der Waals surface area contributed by atoms with Gasteiger partial charge in [0.1, 0.15) is 13.2 Å². The van der Waals surface area contributed by atoms with Gasteiger partial charge < -0.3 is 14.2 Å². The molecule has 0 radical (unpaired) electrons. The highest BCUT2D eigenvalue weighted by Gasteiger charge is 2.19. The van der Waals surface area contributed by atoms with Crippen LogP contribution in [-0.4, -0.2) is 37.2 Å². The van der Waals surface area contributed by atoms with E-state index in [0.717, 1.165) is 109 Å². The predicted octanol–water partition coefficient (Wildman–Crippen LogP) is 18.4. The molecule has 0 spiro atoms. The first-order chi connectivity index (χ1) is 32.5. The lowest BCUT2D eigenvalue weighted by Gasteiger charge is -2.18. The number of unbranched alkanes of at least 4 members (excludes halogenated alkanes) is 24. The average molecular weight is 919 g/mol. The lowest BCUT2D eigenvalue weighted by atomic mass is 10.1. The van der Waals surface area contributed by atoms with Crippen molar-refractivity contribution in [2.45, 2.75) is 264 Å². The van der Waals surface area contributed by atoms with Gasteiger partial charge in [0.15, 0.2) is 6.10 Å². The van der Waals surface area contributed by atoms with Gasteiger partial charge in [-0.05, 0) is 109 Å². The highest BCUT2D eigenvalue weighted by Crippen LogP contribution is 2.14. The topological polar surface area (TPSA) is 78.9 Å². The van der Waals surface area contributed by atoms with E-state index in [1.807, 2.05) is 0 Å². The van der Waals surface area contributed by atoms with Crippen LogP contribution in [0.15, 0.2) is 85.1 Å². The van der Waals surface area contributed by atoms with Crippen molar-refractivity contribution in [1.82, 2.24) is 0 Å². The zero-order chi connectivity index (χ0) is 47.9. The van der Waals surface area contributed by atoms with Crippen molar-refractivity contribution in [1.29, 1.82) is 0 Å². The van der Waals surface area contributed by atoms with Crippen molar-refractivity contribution in [2.75, 3.05) is 13.2 Å². The van der Waals surface area contributed by atoms with Crippen molar-refractivity contribution in [3.8, 4) is 0 Å². The molecule has 0 aromatic heterocycles. The molecule has 0 saturated carbocycles. The molecule has 1 atom stereocenters. The van der Waals surface area contributed by atoms with E-state index >= 15 is 0 Å². The lowest BCUT2D eigenvalue weighted by molar-refractivity contribution is -0.167. The van der Waals surface area contributed by atoms with E-state index < -0.39 is 6.10 Å². The highest BCUT2D eigenvalue weighted by molar-refractivity contribution is 5.71. The third-order valence-corrected chi connectivity index (χ3v) is 11.6. The Labute approximate surface area is 407 Å². The second-order valence-corrected chi connectivity index (χ2v) is 18.1. The van der Waals surface area contributed by atoms with Crippen LogP contribution in [0.3, 0.4) is 0 Å². The van der Waals surface area contributed by atoms with Gasteiger partial charge in [-0.2, -0.15) is 0 Å². The van der Waals surface area contributed by atoms with Gasteiger partial charge in [-0.25, -0.2) is 0 Å². The minimum atomic E-state index is -0.790. The van der Waals surface area contributed by atoms with Crippen LogP contribution in [0.2, 0.25) is 0 Å². The first-order valence-electron chi connectivity index (χ1n) is 27.6. The van der Waals surface area contributed by atoms with Crippen LogP contribution in [0.1, 0.15) is 258 Å². The standard InChI is InChI=1S/C60H102O6/c1-4-7-10-13-16-19-22-24-26-28-30-32-33-35-38-41-44-47-50-53-59(62)65-56-57(55-64-58(61)52-49-46-43-40-37-21-18-15-12-9-6-3)66-60(63)54-51-48-45-42-39-36-34-31-29-27-25-23-20-17-14-11-8-5-2/h7,10,15-16,18-20,23-24,26-27,29-30,32,57H,4-6,8-9,11-14,17,21-22,25,28,31,33-56H2,1-3H3/b10-7-,18-15-,19-16-,23-20-,26-24-,29-27-,32-30-. The van der Waals surface area contributed by atoms with Gasteiger partial charge in [-0.15, -0.1) is 0 Å². The maximum absolute atomic E-state index is 12.8. The van der Waals surface area contributed by atoms with Gasteiger partial charge in [-0.3, -0.25) is 14.4 Å².